The summed E-state index contributed by atoms with van der Waals surface area (Å²) in [4.78, 5) is 21.4. The Balaban J connectivity index is 0.00000212. The number of furan rings is 1. The molecule has 234 valence electrons. The second-order valence-corrected chi connectivity index (χ2v) is 12.3. The van der Waals surface area contributed by atoms with Crippen molar-refractivity contribution in [1.29, 1.82) is 0 Å². The smallest absolute Gasteiger partial charge is 0.267 e. The number of aliphatic hydroxyl groups excluding tert-OH is 1. The van der Waals surface area contributed by atoms with Crippen molar-refractivity contribution in [3.63, 3.8) is 0 Å². The van der Waals surface area contributed by atoms with E-state index in [0.717, 1.165) is 79.5 Å². The van der Waals surface area contributed by atoms with Gasteiger partial charge in [-0.25, -0.2) is 0 Å². The number of aromatic amines is 1. The van der Waals surface area contributed by atoms with Gasteiger partial charge in [0.05, 0.1) is 17.4 Å². The first-order valence-electron chi connectivity index (χ1n) is 14.7. The number of fused-ring (bicyclic) bond motifs is 2. The number of likely N-dealkylation sites (tertiary alicyclic amines) is 2. The molecule has 2 aliphatic heterocycles. The third-order valence-electron chi connectivity index (χ3n) is 8.79. The molecule has 8 nitrogen and oxygen atoms in total. The van der Waals surface area contributed by atoms with Crippen LogP contribution in [0, 0.1) is 11.8 Å². The second-order valence-electron chi connectivity index (χ2n) is 11.9. The molecular formula is C32H41Cl3N4O4. The van der Waals surface area contributed by atoms with E-state index in [-0.39, 0.29) is 42.9 Å². The highest BCUT2D eigenvalue weighted by Crippen LogP contribution is 2.32. The molecule has 3 atom stereocenters. The summed E-state index contributed by atoms with van der Waals surface area (Å²) in [6.45, 7) is 10.5. The quantitative estimate of drug-likeness (QED) is 0.212. The van der Waals surface area contributed by atoms with Gasteiger partial charge in [0, 0.05) is 67.2 Å². The largest absolute Gasteiger partial charge is 0.488 e. The number of nitrogens with zero attached hydrogens (tertiary/aromatic N) is 2. The molecule has 0 unspecified atom stereocenters. The maximum Gasteiger partial charge on any atom is 0.267 e. The van der Waals surface area contributed by atoms with Crippen molar-refractivity contribution in [2.24, 2.45) is 11.8 Å². The summed E-state index contributed by atoms with van der Waals surface area (Å²) in [5, 5.41) is 15.8. The highest BCUT2D eigenvalue weighted by atomic mass is 35.5. The minimum absolute atomic E-state index is 0. The number of benzene rings is 2. The molecule has 2 aromatic heterocycles. The van der Waals surface area contributed by atoms with Gasteiger partial charge in [-0.05, 0) is 55.0 Å². The Morgan fingerprint density at radius 1 is 1.07 bits per heavy atom. The lowest BCUT2D eigenvalue weighted by Crippen LogP contribution is -2.50. The fourth-order valence-corrected chi connectivity index (χ4v) is 6.73. The standard InChI is InChI=1S/C32H39ClN4O4.2ClH/c1-20-16-37(17-21(2)31(20)38)14-13-36-11-9-23(10-12-36)34-32(39)27-15-24-26(35-27)6-4-7-28(24)40-18-22-19-41-29-8-3-5-25(33)30(22)29;;/h3-8,15,19-21,23,31,35,38H,9-14,16-18H2,1-2H3,(H,34,39);2*1H/t20-,21+,31+;;. The topological polar surface area (TPSA) is 94.0 Å². The number of carbonyl (C=O) groups excluding carboxylic acids is 1. The molecule has 1 amide bonds. The number of hydrogen-bond acceptors (Lipinski definition) is 6. The van der Waals surface area contributed by atoms with E-state index in [1.165, 1.54) is 0 Å². The summed E-state index contributed by atoms with van der Waals surface area (Å²) < 4.78 is 11.8. The Morgan fingerprint density at radius 3 is 2.51 bits per heavy atom. The summed E-state index contributed by atoms with van der Waals surface area (Å²) in [5.74, 6) is 1.25. The first kappa shape index (κ1) is 33.4. The van der Waals surface area contributed by atoms with E-state index in [4.69, 9.17) is 20.8 Å². The van der Waals surface area contributed by atoms with E-state index >= 15 is 0 Å². The number of hydrogen-bond donors (Lipinski definition) is 3. The number of rotatable bonds is 8. The van der Waals surface area contributed by atoms with Crippen molar-refractivity contribution in [2.75, 3.05) is 39.3 Å². The number of nitrogens with one attached hydrogen (secondary N) is 2. The van der Waals surface area contributed by atoms with Gasteiger partial charge in [0.2, 0.25) is 0 Å². The molecule has 2 aromatic carbocycles. The van der Waals surface area contributed by atoms with Crippen molar-refractivity contribution in [3.8, 4) is 5.75 Å². The molecule has 2 saturated heterocycles. The number of ether oxygens (including phenoxy) is 1. The van der Waals surface area contributed by atoms with Crippen LogP contribution < -0.4 is 10.1 Å². The highest BCUT2D eigenvalue weighted by molar-refractivity contribution is 6.35. The van der Waals surface area contributed by atoms with Crippen LogP contribution in [0.3, 0.4) is 0 Å². The predicted octanol–water partition coefficient (Wildman–Crippen LogP) is 6.13. The minimum Gasteiger partial charge on any atom is -0.488 e. The van der Waals surface area contributed by atoms with Gasteiger partial charge >= 0.3 is 0 Å². The molecule has 0 bridgehead atoms. The van der Waals surface area contributed by atoms with Crippen LogP contribution in [0.2, 0.25) is 5.02 Å². The Kier molecular flexibility index (Phi) is 11.3. The molecule has 0 saturated carbocycles. The first-order valence-corrected chi connectivity index (χ1v) is 15.1. The van der Waals surface area contributed by atoms with Gasteiger partial charge in [-0.3, -0.25) is 4.79 Å². The van der Waals surface area contributed by atoms with Crippen LogP contribution in [0.5, 0.6) is 5.75 Å². The van der Waals surface area contributed by atoms with E-state index in [1.807, 2.05) is 42.5 Å². The number of carbonyl (C=O) groups is 1. The third-order valence-corrected chi connectivity index (χ3v) is 9.11. The predicted molar refractivity (Wildman–Crippen MR) is 176 cm³/mol. The molecule has 2 fully saturated rings. The molecule has 0 spiro atoms. The fourth-order valence-electron chi connectivity index (χ4n) is 6.44. The molecule has 4 heterocycles. The van der Waals surface area contributed by atoms with Gasteiger partial charge in [0.1, 0.15) is 23.6 Å². The van der Waals surface area contributed by atoms with Crippen LogP contribution in [-0.2, 0) is 6.61 Å². The molecule has 4 aromatic rings. The second kappa shape index (κ2) is 14.5. The van der Waals surface area contributed by atoms with Gasteiger partial charge in [0.15, 0.2) is 0 Å². The van der Waals surface area contributed by atoms with E-state index in [0.29, 0.717) is 34.9 Å². The van der Waals surface area contributed by atoms with Gasteiger partial charge in [0.25, 0.3) is 5.91 Å². The molecule has 0 aliphatic carbocycles. The van der Waals surface area contributed by atoms with Crippen LogP contribution in [0.15, 0.2) is 53.1 Å². The zero-order valence-electron chi connectivity index (χ0n) is 24.6. The Morgan fingerprint density at radius 2 is 1.77 bits per heavy atom. The first-order chi connectivity index (χ1) is 19.9. The Hall–Kier alpha value is -2.46. The molecule has 6 rings (SSSR count). The lowest BCUT2D eigenvalue weighted by molar-refractivity contribution is -0.0109. The normalized spacial score (nSPS) is 21.8. The van der Waals surface area contributed by atoms with Gasteiger partial charge < -0.3 is 34.4 Å². The molecule has 3 N–H and O–H groups in total. The molecule has 11 heteroatoms. The zero-order valence-corrected chi connectivity index (χ0v) is 26.9. The monoisotopic (exact) mass is 650 g/mol. The number of aromatic nitrogens is 1. The summed E-state index contributed by atoms with van der Waals surface area (Å²) in [7, 11) is 0. The van der Waals surface area contributed by atoms with E-state index in [1.54, 1.807) is 6.26 Å². The van der Waals surface area contributed by atoms with Crippen molar-refractivity contribution in [1.82, 2.24) is 20.1 Å². The summed E-state index contributed by atoms with van der Waals surface area (Å²) in [5.41, 5.74) is 2.99. The number of halogens is 3. The molecular weight excluding hydrogens is 611 g/mol. The number of amides is 1. The van der Waals surface area contributed by atoms with Crippen LogP contribution in [-0.4, -0.2) is 77.2 Å². The number of aliphatic hydroxyl groups is 1. The van der Waals surface area contributed by atoms with Gasteiger partial charge in [-0.1, -0.05) is 37.6 Å². The van der Waals surface area contributed by atoms with Crippen LogP contribution >= 0.6 is 36.4 Å². The maximum absolute atomic E-state index is 13.2. The average molecular weight is 652 g/mol. The van der Waals surface area contributed by atoms with Crippen molar-refractivity contribution in [2.45, 2.75) is 45.4 Å². The van der Waals surface area contributed by atoms with Crippen molar-refractivity contribution in [3.05, 3.63) is 65.0 Å². The minimum atomic E-state index is -0.190. The third kappa shape index (κ3) is 7.44. The lowest BCUT2D eigenvalue weighted by atomic mass is 9.88. The van der Waals surface area contributed by atoms with Crippen LogP contribution in [0.4, 0.5) is 0 Å². The fraction of sp³-hybridized carbons (Fsp3) is 0.469. The summed E-state index contributed by atoms with van der Waals surface area (Å²) >= 11 is 6.39. The maximum atomic E-state index is 13.2. The molecule has 43 heavy (non-hydrogen) atoms. The van der Waals surface area contributed by atoms with E-state index in [2.05, 4.69) is 33.9 Å². The highest BCUT2D eigenvalue weighted by Gasteiger charge is 2.30. The van der Waals surface area contributed by atoms with Crippen molar-refractivity contribution >= 4 is 64.2 Å². The summed E-state index contributed by atoms with van der Waals surface area (Å²) in [6.07, 6.45) is 3.36. The zero-order chi connectivity index (χ0) is 28.5. The lowest BCUT2D eigenvalue weighted by Gasteiger charge is -2.40. The Bertz CT molecular complexity index is 1510. The SMILES string of the molecule is C[C@@H]1CN(CCN2CCC(NC(=O)c3cc4c(OCc5coc6cccc(Cl)c56)cccc4[nH]3)CC2)C[C@H](C)[C@H]1O.Cl.Cl. The molecule has 2 aliphatic rings. The van der Waals surface area contributed by atoms with Gasteiger partial charge in [-0.15, -0.1) is 24.8 Å². The number of H-pyrrole nitrogens is 1. The average Bonchev–Trinajstić information content (AvgIpc) is 3.60. The Labute approximate surface area is 269 Å². The van der Waals surface area contributed by atoms with Crippen LogP contribution in [0.1, 0.15) is 42.7 Å². The van der Waals surface area contributed by atoms with Crippen LogP contribution in [0.25, 0.3) is 21.9 Å². The number of piperidine rings is 2. The van der Waals surface area contributed by atoms with Crippen molar-refractivity contribution < 1.29 is 19.1 Å². The van der Waals surface area contributed by atoms with E-state index < -0.39 is 0 Å². The molecule has 0 radical (unpaired) electrons. The van der Waals surface area contributed by atoms with Gasteiger partial charge in [-0.2, -0.15) is 0 Å². The van der Waals surface area contributed by atoms with E-state index in [9.17, 15) is 9.90 Å². The summed E-state index contributed by atoms with van der Waals surface area (Å²) in [6, 6.07) is 13.4.